The van der Waals surface area contributed by atoms with Gasteiger partial charge in [0, 0.05) is 42.7 Å². The van der Waals surface area contributed by atoms with E-state index in [4.69, 9.17) is 0 Å². The van der Waals surface area contributed by atoms with Crippen LogP contribution in [0.5, 0.6) is 0 Å². The topological polar surface area (TPSA) is 19.0 Å². The Bertz CT molecular complexity index is 786. The Morgan fingerprint density at radius 3 is 2.82 bits per heavy atom. The van der Waals surface area contributed by atoms with E-state index in [0.29, 0.717) is 0 Å². The molecule has 0 spiro atoms. The van der Waals surface area contributed by atoms with Crippen LogP contribution in [0.15, 0.2) is 48.5 Å². The Morgan fingerprint density at radius 2 is 1.95 bits per heavy atom. The number of nitrogens with zero attached hydrogens (tertiary/aromatic N) is 1. The summed E-state index contributed by atoms with van der Waals surface area (Å²) >= 11 is 0. The molecule has 112 valence electrons. The van der Waals surface area contributed by atoms with E-state index in [-0.39, 0.29) is 0 Å². The summed E-state index contributed by atoms with van der Waals surface area (Å²) in [7, 11) is 0. The predicted octanol–water partition coefficient (Wildman–Crippen LogP) is 4.08. The highest BCUT2D eigenvalue weighted by molar-refractivity contribution is 5.85. The lowest BCUT2D eigenvalue weighted by molar-refractivity contribution is 0.257. The van der Waals surface area contributed by atoms with E-state index in [9.17, 15) is 0 Å². The minimum Gasteiger partial charge on any atom is -0.358 e. The molecule has 1 aromatic heterocycles. The quantitative estimate of drug-likeness (QED) is 0.770. The Labute approximate surface area is 131 Å². The fourth-order valence-corrected chi connectivity index (χ4v) is 3.51. The van der Waals surface area contributed by atoms with Crippen molar-refractivity contribution in [1.82, 2.24) is 9.88 Å². The molecule has 2 nitrogen and oxygen atoms in total. The SMILES string of the molecule is Cc1ccc2[nH]c3c(c2c1)CN(CCc1ccccc1)CC3. The van der Waals surface area contributed by atoms with E-state index in [1.165, 1.54) is 33.3 Å². The minimum absolute atomic E-state index is 1.08. The fourth-order valence-electron chi connectivity index (χ4n) is 3.51. The lowest BCUT2D eigenvalue weighted by Gasteiger charge is -2.27. The maximum Gasteiger partial charge on any atom is 0.0459 e. The Kier molecular flexibility index (Phi) is 3.47. The van der Waals surface area contributed by atoms with Crippen LogP contribution in [0.1, 0.15) is 22.4 Å². The molecule has 0 fully saturated rings. The first-order valence-electron chi connectivity index (χ1n) is 8.16. The monoisotopic (exact) mass is 290 g/mol. The smallest absolute Gasteiger partial charge is 0.0459 e. The molecule has 1 aliphatic rings. The number of H-pyrrole nitrogens is 1. The van der Waals surface area contributed by atoms with Crippen LogP contribution in [-0.4, -0.2) is 23.0 Å². The highest BCUT2D eigenvalue weighted by atomic mass is 15.1. The molecule has 0 unspecified atom stereocenters. The van der Waals surface area contributed by atoms with Crippen LogP contribution in [0, 0.1) is 6.92 Å². The number of benzene rings is 2. The minimum atomic E-state index is 1.08. The highest BCUT2D eigenvalue weighted by Gasteiger charge is 2.20. The van der Waals surface area contributed by atoms with Gasteiger partial charge in [-0.2, -0.15) is 0 Å². The average molecular weight is 290 g/mol. The number of hydrogen-bond donors (Lipinski definition) is 1. The van der Waals surface area contributed by atoms with Gasteiger partial charge >= 0.3 is 0 Å². The van der Waals surface area contributed by atoms with E-state index >= 15 is 0 Å². The lowest BCUT2D eigenvalue weighted by atomic mass is 10.0. The predicted molar refractivity (Wildman–Crippen MR) is 92.2 cm³/mol. The zero-order valence-corrected chi connectivity index (χ0v) is 13.1. The van der Waals surface area contributed by atoms with E-state index < -0.39 is 0 Å². The molecular weight excluding hydrogens is 268 g/mol. The summed E-state index contributed by atoms with van der Waals surface area (Å²) < 4.78 is 0. The summed E-state index contributed by atoms with van der Waals surface area (Å²) in [5.74, 6) is 0. The van der Waals surface area contributed by atoms with Crippen molar-refractivity contribution < 1.29 is 0 Å². The summed E-state index contributed by atoms with van der Waals surface area (Å²) in [5, 5.41) is 1.42. The molecular formula is C20H22N2. The summed E-state index contributed by atoms with van der Waals surface area (Å²) in [4.78, 5) is 6.20. The molecule has 0 aliphatic carbocycles. The van der Waals surface area contributed by atoms with Gasteiger partial charge < -0.3 is 4.98 Å². The number of hydrogen-bond acceptors (Lipinski definition) is 1. The largest absolute Gasteiger partial charge is 0.358 e. The first-order chi connectivity index (χ1) is 10.8. The Balaban J connectivity index is 1.53. The van der Waals surface area contributed by atoms with Crippen molar-refractivity contribution in [2.45, 2.75) is 26.3 Å². The van der Waals surface area contributed by atoms with Crippen LogP contribution in [0.4, 0.5) is 0 Å². The Morgan fingerprint density at radius 1 is 1.09 bits per heavy atom. The number of aromatic nitrogens is 1. The van der Waals surface area contributed by atoms with Crippen LogP contribution < -0.4 is 0 Å². The van der Waals surface area contributed by atoms with E-state index in [0.717, 1.165) is 32.5 Å². The molecule has 1 N–H and O–H groups in total. The zero-order valence-electron chi connectivity index (χ0n) is 13.1. The molecule has 0 bridgehead atoms. The van der Waals surface area contributed by atoms with Gasteiger partial charge in [-0.1, -0.05) is 42.0 Å². The zero-order chi connectivity index (χ0) is 14.9. The summed E-state index contributed by atoms with van der Waals surface area (Å²) in [6.45, 7) is 5.55. The summed E-state index contributed by atoms with van der Waals surface area (Å²) in [6.07, 6.45) is 2.27. The van der Waals surface area contributed by atoms with E-state index in [1.54, 1.807) is 0 Å². The van der Waals surface area contributed by atoms with Gasteiger partial charge in [0.05, 0.1) is 0 Å². The van der Waals surface area contributed by atoms with Gasteiger partial charge in [-0.05, 0) is 36.6 Å². The van der Waals surface area contributed by atoms with Crippen molar-refractivity contribution >= 4 is 10.9 Å². The second-order valence-corrected chi connectivity index (χ2v) is 6.39. The van der Waals surface area contributed by atoms with Crippen molar-refractivity contribution in [3.8, 4) is 0 Å². The number of fused-ring (bicyclic) bond motifs is 3. The molecule has 2 heteroatoms. The molecule has 2 heterocycles. The molecule has 0 radical (unpaired) electrons. The number of aromatic amines is 1. The third-order valence-electron chi connectivity index (χ3n) is 4.77. The third kappa shape index (κ3) is 2.55. The van der Waals surface area contributed by atoms with Crippen LogP contribution in [0.2, 0.25) is 0 Å². The first-order valence-corrected chi connectivity index (χ1v) is 8.16. The maximum absolute atomic E-state index is 3.61. The first kappa shape index (κ1) is 13.6. The molecule has 0 atom stereocenters. The second-order valence-electron chi connectivity index (χ2n) is 6.39. The molecule has 3 aromatic rings. The number of nitrogens with one attached hydrogen (secondary N) is 1. The van der Waals surface area contributed by atoms with Crippen LogP contribution in [0.25, 0.3) is 10.9 Å². The molecule has 0 amide bonds. The molecule has 0 saturated heterocycles. The molecule has 22 heavy (non-hydrogen) atoms. The lowest BCUT2D eigenvalue weighted by Crippen LogP contribution is -2.32. The van der Waals surface area contributed by atoms with Crippen molar-refractivity contribution in [1.29, 1.82) is 0 Å². The van der Waals surface area contributed by atoms with Gasteiger partial charge in [0.15, 0.2) is 0 Å². The standard InChI is InChI=1S/C20H22N2/c1-15-7-8-19-17(13-15)18-14-22(12-10-20(18)21-19)11-9-16-5-3-2-4-6-16/h2-8,13,21H,9-12,14H2,1H3. The van der Waals surface area contributed by atoms with Crippen molar-refractivity contribution in [3.63, 3.8) is 0 Å². The summed E-state index contributed by atoms with van der Waals surface area (Å²) in [5.41, 5.74) is 7.02. The van der Waals surface area contributed by atoms with Gasteiger partial charge in [0.2, 0.25) is 0 Å². The second kappa shape index (κ2) is 5.62. The van der Waals surface area contributed by atoms with Crippen LogP contribution in [0.3, 0.4) is 0 Å². The normalized spacial score (nSPS) is 15.1. The Hall–Kier alpha value is -2.06. The summed E-state index contributed by atoms with van der Waals surface area (Å²) in [6, 6.07) is 17.5. The van der Waals surface area contributed by atoms with E-state index in [2.05, 4.69) is 65.3 Å². The molecule has 2 aromatic carbocycles. The third-order valence-corrected chi connectivity index (χ3v) is 4.77. The van der Waals surface area contributed by atoms with Gasteiger partial charge in [-0.3, -0.25) is 4.90 Å². The van der Waals surface area contributed by atoms with Gasteiger partial charge in [0.25, 0.3) is 0 Å². The van der Waals surface area contributed by atoms with Gasteiger partial charge in [-0.15, -0.1) is 0 Å². The van der Waals surface area contributed by atoms with Gasteiger partial charge in [0.1, 0.15) is 0 Å². The molecule has 1 aliphatic heterocycles. The maximum atomic E-state index is 3.61. The molecule has 0 saturated carbocycles. The number of aryl methyl sites for hydroxylation is 1. The number of rotatable bonds is 3. The van der Waals surface area contributed by atoms with E-state index in [1.807, 2.05) is 0 Å². The molecule has 4 rings (SSSR count). The van der Waals surface area contributed by atoms with Crippen molar-refractivity contribution in [2.75, 3.05) is 13.1 Å². The van der Waals surface area contributed by atoms with Crippen LogP contribution >= 0.6 is 0 Å². The average Bonchev–Trinajstić information content (AvgIpc) is 2.91. The highest BCUT2D eigenvalue weighted by Crippen LogP contribution is 2.28. The van der Waals surface area contributed by atoms with Gasteiger partial charge in [-0.25, -0.2) is 0 Å². The van der Waals surface area contributed by atoms with Crippen molar-refractivity contribution in [2.24, 2.45) is 0 Å². The van der Waals surface area contributed by atoms with Crippen molar-refractivity contribution in [3.05, 3.63) is 70.9 Å². The fraction of sp³-hybridized carbons (Fsp3) is 0.300. The van der Waals surface area contributed by atoms with Crippen LogP contribution in [-0.2, 0) is 19.4 Å².